The number of likely N-dealkylation sites (tertiary alicyclic amines) is 1. The van der Waals surface area contributed by atoms with Crippen LogP contribution in [0.1, 0.15) is 49.8 Å². The first-order valence-corrected chi connectivity index (χ1v) is 13.0. The molecule has 218 valence electrons. The Morgan fingerprint density at radius 2 is 1.82 bits per heavy atom. The summed E-state index contributed by atoms with van der Waals surface area (Å²) in [6.45, 7) is 4.06. The fraction of sp³-hybridized carbons (Fsp3) is 0.464. The largest absolute Gasteiger partial charge is 0.478 e. The number of alkyl halides is 3. The maximum atomic E-state index is 14.2. The van der Waals surface area contributed by atoms with Crippen molar-refractivity contribution in [3.8, 4) is 5.75 Å². The fourth-order valence-electron chi connectivity index (χ4n) is 4.59. The number of nitrogens with one attached hydrogen (secondary N) is 1. The first kappa shape index (κ1) is 30.9. The van der Waals surface area contributed by atoms with Gasteiger partial charge < -0.3 is 25.8 Å². The van der Waals surface area contributed by atoms with E-state index in [1.807, 2.05) is 0 Å². The second kappa shape index (κ2) is 13.1. The van der Waals surface area contributed by atoms with Gasteiger partial charge in [-0.1, -0.05) is 32.0 Å². The molecule has 8 nitrogen and oxygen atoms in total. The van der Waals surface area contributed by atoms with E-state index in [0.717, 1.165) is 17.7 Å². The molecule has 2 aromatic rings. The van der Waals surface area contributed by atoms with Crippen molar-refractivity contribution in [2.75, 3.05) is 6.54 Å². The molecule has 0 spiro atoms. The van der Waals surface area contributed by atoms with Crippen LogP contribution in [0.15, 0.2) is 42.5 Å². The summed E-state index contributed by atoms with van der Waals surface area (Å²) < 4.78 is 58.1. The number of aliphatic carboxylic acids is 1. The summed E-state index contributed by atoms with van der Waals surface area (Å²) in [6.07, 6.45) is -4.63. The fourth-order valence-corrected chi connectivity index (χ4v) is 4.59. The Balaban J connectivity index is 1.52. The number of carbonyl (C=O) groups is 3. The van der Waals surface area contributed by atoms with E-state index < -0.39 is 41.7 Å². The summed E-state index contributed by atoms with van der Waals surface area (Å²) >= 11 is 0. The van der Waals surface area contributed by atoms with Crippen molar-refractivity contribution in [2.24, 2.45) is 5.92 Å². The lowest BCUT2D eigenvalue weighted by atomic mass is 10.0. The number of benzene rings is 2. The number of ether oxygens (including phenoxy) is 1. The molecular formula is C28H34F4N3O5+. The summed E-state index contributed by atoms with van der Waals surface area (Å²) in [5.41, 5.74) is 3.57. The van der Waals surface area contributed by atoms with Gasteiger partial charge in [-0.2, -0.15) is 13.2 Å². The molecular weight excluding hydrogens is 534 g/mol. The Labute approximate surface area is 229 Å². The molecule has 3 atom stereocenters. The third kappa shape index (κ3) is 8.17. The van der Waals surface area contributed by atoms with E-state index in [-0.39, 0.29) is 42.7 Å². The Morgan fingerprint density at radius 1 is 1.15 bits per heavy atom. The molecule has 5 N–H and O–H groups in total. The molecule has 0 radical (unpaired) electrons. The number of quaternary nitrogens is 1. The predicted octanol–water partition coefficient (Wildman–Crippen LogP) is 3.18. The molecule has 0 aliphatic carbocycles. The number of hydrogen-bond donors (Lipinski definition) is 3. The summed E-state index contributed by atoms with van der Waals surface area (Å²) in [4.78, 5) is 38.6. The van der Waals surface area contributed by atoms with Gasteiger partial charge >= 0.3 is 12.1 Å². The smallest absolute Gasteiger partial charge is 0.416 e. The van der Waals surface area contributed by atoms with Crippen molar-refractivity contribution in [3.63, 3.8) is 0 Å². The SMILES string of the molecule is CC(C)[C@@H](Oc1ccc(CNC(=O)[C@@H]2CCCN2C(=O)CC([NH3+])Cc2ccc(C(F)(F)F)cc2F)cc1)C(=O)O. The molecule has 3 rings (SSSR count). The predicted molar refractivity (Wildman–Crippen MR) is 136 cm³/mol. The number of carbonyl (C=O) groups excluding carboxylic acids is 2. The standard InChI is InChI=1S/C28H33F4N3O5/c1-16(2)25(27(38)39)40-21-9-5-17(6-10-21)15-34-26(37)23-4-3-11-35(23)24(36)14-20(33)12-18-7-8-19(13-22(18)29)28(30,31)32/h5-10,13,16,20,23,25H,3-4,11-12,14-15,33H2,1-2H3,(H,34,37)(H,38,39)/p+1/t20?,23-,25+/m0/s1. The quantitative estimate of drug-likeness (QED) is 0.360. The van der Waals surface area contributed by atoms with Crippen molar-refractivity contribution >= 4 is 17.8 Å². The molecule has 1 saturated heterocycles. The van der Waals surface area contributed by atoms with Gasteiger partial charge in [-0.15, -0.1) is 0 Å². The monoisotopic (exact) mass is 568 g/mol. The summed E-state index contributed by atoms with van der Waals surface area (Å²) in [7, 11) is 0. The zero-order valence-corrected chi connectivity index (χ0v) is 22.3. The molecule has 1 heterocycles. The van der Waals surface area contributed by atoms with Gasteiger partial charge in [0, 0.05) is 25.4 Å². The number of carboxylic acid groups (broad SMARTS) is 1. The molecule has 1 aliphatic rings. The van der Waals surface area contributed by atoms with Crippen molar-refractivity contribution in [1.29, 1.82) is 0 Å². The van der Waals surface area contributed by atoms with Gasteiger partial charge in [0.1, 0.15) is 17.6 Å². The number of halogens is 4. The van der Waals surface area contributed by atoms with Crippen molar-refractivity contribution in [2.45, 2.75) is 70.4 Å². The minimum Gasteiger partial charge on any atom is -0.478 e. The second-order valence-corrected chi connectivity index (χ2v) is 10.3. The molecule has 40 heavy (non-hydrogen) atoms. The molecule has 1 unspecified atom stereocenters. The number of rotatable bonds is 11. The second-order valence-electron chi connectivity index (χ2n) is 10.3. The minimum absolute atomic E-state index is 0.0233. The molecule has 0 aromatic heterocycles. The molecule has 2 amide bonds. The Hall–Kier alpha value is -3.67. The van der Waals surface area contributed by atoms with Crippen LogP contribution in [-0.4, -0.2) is 52.5 Å². The van der Waals surface area contributed by atoms with E-state index in [2.05, 4.69) is 11.1 Å². The van der Waals surface area contributed by atoms with Crippen LogP contribution in [-0.2, 0) is 33.5 Å². The molecule has 1 aliphatic heterocycles. The maximum Gasteiger partial charge on any atom is 0.416 e. The van der Waals surface area contributed by atoms with Gasteiger partial charge in [-0.25, -0.2) is 9.18 Å². The maximum absolute atomic E-state index is 14.2. The van der Waals surface area contributed by atoms with Gasteiger partial charge in [0.05, 0.1) is 18.0 Å². The molecule has 1 fully saturated rings. The van der Waals surface area contributed by atoms with Crippen LogP contribution >= 0.6 is 0 Å². The highest BCUT2D eigenvalue weighted by Crippen LogP contribution is 2.30. The summed E-state index contributed by atoms with van der Waals surface area (Å²) in [6, 6.07) is 7.68. The highest BCUT2D eigenvalue weighted by molar-refractivity contribution is 5.88. The highest BCUT2D eigenvalue weighted by atomic mass is 19.4. The summed E-state index contributed by atoms with van der Waals surface area (Å²) in [5, 5.41) is 12.1. The molecule has 2 aromatic carbocycles. The third-order valence-electron chi connectivity index (χ3n) is 6.73. The van der Waals surface area contributed by atoms with Crippen LogP contribution in [0.2, 0.25) is 0 Å². The molecule has 0 bridgehead atoms. The molecule has 0 saturated carbocycles. The zero-order chi connectivity index (χ0) is 29.6. The van der Waals surface area contributed by atoms with Crippen LogP contribution in [0.4, 0.5) is 17.6 Å². The number of carboxylic acids is 1. The number of amides is 2. The van der Waals surface area contributed by atoms with Gasteiger partial charge in [0.15, 0.2) is 6.10 Å². The Morgan fingerprint density at radius 3 is 2.40 bits per heavy atom. The van der Waals surface area contributed by atoms with E-state index in [4.69, 9.17) is 4.74 Å². The van der Waals surface area contributed by atoms with Crippen LogP contribution in [0.3, 0.4) is 0 Å². The number of hydrogen-bond acceptors (Lipinski definition) is 4. The van der Waals surface area contributed by atoms with Gasteiger partial charge in [0.2, 0.25) is 11.8 Å². The molecule has 12 heteroatoms. The van der Waals surface area contributed by atoms with Crippen LogP contribution in [0.5, 0.6) is 5.75 Å². The van der Waals surface area contributed by atoms with Crippen molar-refractivity contribution < 1.29 is 47.5 Å². The average Bonchev–Trinajstić information content (AvgIpc) is 3.37. The lowest BCUT2D eigenvalue weighted by Crippen LogP contribution is -2.63. The van der Waals surface area contributed by atoms with Crippen molar-refractivity contribution in [1.82, 2.24) is 10.2 Å². The highest BCUT2D eigenvalue weighted by Gasteiger charge is 2.35. The normalized spacial score (nSPS) is 17.0. The van der Waals surface area contributed by atoms with Gasteiger partial charge in [-0.3, -0.25) is 9.59 Å². The van der Waals surface area contributed by atoms with E-state index >= 15 is 0 Å². The van der Waals surface area contributed by atoms with Crippen LogP contribution in [0.25, 0.3) is 0 Å². The van der Waals surface area contributed by atoms with Crippen molar-refractivity contribution in [3.05, 3.63) is 65.0 Å². The van der Waals surface area contributed by atoms with E-state index in [1.165, 1.54) is 4.90 Å². The van der Waals surface area contributed by atoms with E-state index in [1.54, 1.807) is 38.1 Å². The van der Waals surface area contributed by atoms with Crippen LogP contribution < -0.4 is 15.8 Å². The first-order chi connectivity index (χ1) is 18.8. The Bertz CT molecular complexity index is 1200. The first-order valence-electron chi connectivity index (χ1n) is 13.0. The summed E-state index contributed by atoms with van der Waals surface area (Å²) in [5.74, 6) is -2.55. The Kier molecular flexibility index (Phi) is 10.1. The van der Waals surface area contributed by atoms with Gasteiger partial charge in [-0.05, 0) is 48.2 Å². The lowest BCUT2D eigenvalue weighted by Gasteiger charge is -2.25. The van der Waals surface area contributed by atoms with Crippen LogP contribution in [0, 0.1) is 11.7 Å². The third-order valence-corrected chi connectivity index (χ3v) is 6.73. The minimum atomic E-state index is -4.65. The lowest BCUT2D eigenvalue weighted by molar-refractivity contribution is -0.418. The van der Waals surface area contributed by atoms with Gasteiger partial charge in [0.25, 0.3) is 0 Å². The topological polar surface area (TPSA) is 124 Å². The zero-order valence-electron chi connectivity index (χ0n) is 22.3. The number of nitrogens with zero attached hydrogens (tertiary/aromatic N) is 1. The average molecular weight is 569 g/mol. The van der Waals surface area contributed by atoms with E-state index in [0.29, 0.717) is 31.2 Å². The van der Waals surface area contributed by atoms with E-state index in [9.17, 15) is 37.1 Å².